The van der Waals surface area contributed by atoms with Gasteiger partial charge in [0.15, 0.2) is 6.29 Å². The molecule has 2 aliphatic heterocycles. The van der Waals surface area contributed by atoms with Crippen LogP contribution in [-0.2, 0) is 34.8 Å². The lowest BCUT2D eigenvalue weighted by Crippen LogP contribution is -2.64. The van der Waals surface area contributed by atoms with Gasteiger partial charge in [-0.25, -0.2) is 4.57 Å². The summed E-state index contributed by atoms with van der Waals surface area (Å²) in [4.78, 5) is 25.1. The second kappa shape index (κ2) is 13.5. The highest BCUT2D eigenvalue weighted by molar-refractivity contribution is 7.51. The molecule has 3 aromatic rings. The summed E-state index contributed by atoms with van der Waals surface area (Å²) in [5.41, 5.74) is 0.780. The van der Waals surface area contributed by atoms with Gasteiger partial charge in [0.05, 0.1) is 6.61 Å². The number of rotatable bonds is 10. The molecule has 230 valence electrons. The SMILES string of the molecule is CC(=O)N[C@@H]1[C@@H](O)[C@H](OP(=O)(Oc2cccc3ccccc23)N2CCCC2C(=O)OCc2ccccc2)[C@@H](CO)O[C@@H]1O. The number of hydrogen-bond acceptors (Lipinski definition) is 10. The highest BCUT2D eigenvalue weighted by Crippen LogP contribution is 2.58. The molecule has 2 unspecified atom stereocenters. The highest BCUT2D eigenvalue weighted by Gasteiger charge is 2.53. The molecule has 2 aliphatic rings. The number of amides is 1. The topological polar surface area (TPSA) is 164 Å². The van der Waals surface area contributed by atoms with E-state index in [1.54, 1.807) is 24.3 Å². The van der Waals surface area contributed by atoms with Crippen molar-refractivity contribution in [2.75, 3.05) is 13.2 Å². The molecular weight excluding hydrogens is 579 g/mol. The fourth-order valence-electron chi connectivity index (χ4n) is 5.40. The van der Waals surface area contributed by atoms with Crippen LogP contribution in [0.1, 0.15) is 25.3 Å². The third-order valence-electron chi connectivity index (χ3n) is 7.50. The van der Waals surface area contributed by atoms with Crippen LogP contribution in [0.3, 0.4) is 0 Å². The van der Waals surface area contributed by atoms with Crippen LogP contribution in [0.4, 0.5) is 0 Å². The van der Waals surface area contributed by atoms with E-state index in [1.807, 2.05) is 48.5 Å². The summed E-state index contributed by atoms with van der Waals surface area (Å²) >= 11 is 0. The van der Waals surface area contributed by atoms with E-state index < -0.39 is 62.9 Å². The summed E-state index contributed by atoms with van der Waals surface area (Å²) in [5.74, 6) is -0.990. The van der Waals surface area contributed by atoms with Crippen LogP contribution >= 0.6 is 7.75 Å². The molecule has 2 heterocycles. The summed E-state index contributed by atoms with van der Waals surface area (Å²) in [5, 5.41) is 35.5. The second-order valence-corrected chi connectivity index (χ2v) is 12.3. The molecule has 7 atom stereocenters. The zero-order valence-corrected chi connectivity index (χ0v) is 24.4. The lowest BCUT2D eigenvalue weighted by Gasteiger charge is -2.44. The van der Waals surface area contributed by atoms with Crippen molar-refractivity contribution in [3.05, 3.63) is 78.4 Å². The van der Waals surface area contributed by atoms with Gasteiger partial charge in [-0.05, 0) is 29.9 Å². The van der Waals surface area contributed by atoms with Crippen LogP contribution in [0.15, 0.2) is 72.8 Å². The van der Waals surface area contributed by atoms with Crippen LogP contribution in [0.5, 0.6) is 5.75 Å². The molecule has 0 radical (unpaired) electrons. The molecule has 13 heteroatoms. The number of nitrogens with zero attached hydrogens (tertiary/aromatic N) is 1. The van der Waals surface area contributed by atoms with Gasteiger partial charge in [0.2, 0.25) is 5.91 Å². The Morgan fingerprint density at radius 1 is 1.05 bits per heavy atom. The van der Waals surface area contributed by atoms with E-state index in [1.165, 1.54) is 11.6 Å². The Hall–Kier alpha value is -3.35. The second-order valence-electron chi connectivity index (χ2n) is 10.5. The molecule has 1 amide bonds. The van der Waals surface area contributed by atoms with E-state index in [2.05, 4.69) is 5.32 Å². The van der Waals surface area contributed by atoms with Crippen LogP contribution in [0.2, 0.25) is 0 Å². The van der Waals surface area contributed by atoms with Gasteiger partial charge in [0.1, 0.15) is 42.8 Å². The third kappa shape index (κ3) is 6.91. The summed E-state index contributed by atoms with van der Waals surface area (Å²) in [6, 6.07) is 19.2. The minimum atomic E-state index is -4.55. The first-order chi connectivity index (χ1) is 20.7. The van der Waals surface area contributed by atoms with Crippen molar-refractivity contribution in [2.45, 2.75) is 63.1 Å². The minimum absolute atomic E-state index is 0.0113. The predicted molar refractivity (Wildman–Crippen MR) is 155 cm³/mol. The number of ether oxygens (including phenoxy) is 2. The van der Waals surface area contributed by atoms with Crippen molar-refractivity contribution < 1.29 is 48.0 Å². The standard InChI is InChI=1S/C30H35N2O10P/c1-19(34)31-26-27(35)28(25(17-33)40-30(26)37)42-43(38,41-24-15-7-12-21-11-5-6-13-22(21)24)32-16-8-14-23(32)29(36)39-18-20-9-3-2-4-10-20/h2-7,9-13,15,23,25-28,30,33,35,37H,8,14,16-18H2,1H3,(H,31,34)/t23?,25-,26-,27-,28-,30+,43?/m1/s1. The first-order valence-corrected chi connectivity index (χ1v) is 15.5. The average Bonchev–Trinajstić information content (AvgIpc) is 3.51. The van der Waals surface area contributed by atoms with Crippen molar-refractivity contribution in [1.29, 1.82) is 0 Å². The first-order valence-electron chi connectivity index (χ1n) is 14.0. The maximum absolute atomic E-state index is 15.0. The Bertz CT molecular complexity index is 1470. The van der Waals surface area contributed by atoms with Crippen molar-refractivity contribution >= 4 is 30.4 Å². The van der Waals surface area contributed by atoms with Crippen LogP contribution < -0.4 is 9.84 Å². The van der Waals surface area contributed by atoms with E-state index in [0.29, 0.717) is 18.2 Å². The zero-order chi connectivity index (χ0) is 30.6. The van der Waals surface area contributed by atoms with Gasteiger partial charge in [-0.2, -0.15) is 4.67 Å². The van der Waals surface area contributed by atoms with E-state index in [-0.39, 0.29) is 18.9 Å². The molecule has 43 heavy (non-hydrogen) atoms. The number of fused-ring (bicyclic) bond motifs is 1. The van der Waals surface area contributed by atoms with Gasteiger partial charge in [-0.1, -0.05) is 66.7 Å². The molecule has 3 aromatic carbocycles. The molecule has 0 bridgehead atoms. The highest BCUT2D eigenvalue weighted by atomic mass is 31.2. The number of aliphatic hydroxyl groups excluding tert-OH is 3. The molecule has 4 N–H and O–H groups in total. The van der Waals surface area contributed by atoms with Gasteiger partial charge in [-0.15, -0.1) is 0 Å². The maximum Gasteiger partial charge on any atom is 0.462 e. The van der Waals surface area contributed by atoms with Gasteiger partial charge in [0.25, 0.3) is 0 Å². The van der Waals surface area contributed by atoms with E-state index >= 15 is 0 Å². The maximum atomic E-state index is 15.0. The largest absolute Gasteiger partial charge is 0.462 e. The third-order valence-corrected chi connectivity index (χ3v) is 9.54. The smallest absolute Gasteiger partial charge is 0.460 e. The predicted octanol–water partition coefficient (Wildman–Crippen LogP) is 2.49. The summed E-state index contributed by atoms with van der Waals surface area (Å²) < 4.78 is 39.6. The number of nitrogens with one attached hydrogen (secondary N) is 1. The van der Waals surface area contributed by atoms with Gasteiger partial charge in [0, 0.05) is 18.9 Å². The molecule has 0 aliphatic carbocycles. The summed E-state index contributed by atoms with van der Waals surface area (Å²) in [7, 11) is -4.55. The van der Waals surface area contributed by atoms with Crippen molar-refractivity contribution in [3.8, 4) is 5.75 Å². The van der Waals surface area contributed by atoms with Crippen LogP contribution in [0, 0.1) is 0 Å². The summed E-state index contributed by atoms with van der Waals surface area (Å²) in [6.07, 6.45) is -5.45. The van der Waals surface area contributed by atoms with Gasteiger partial charge < -0.3 is 34.6 Å². The molecule has 0 aromatic heterocycles. The fraction of sp³-hybridized carbons (Fsp3) is 0.400. The minimum Gasteiger partial charge on any atom is -0.460 e. The van der Waals surface area contributed by atoms with E-state index in [0.717, 1.165) is 10.9 Å². The number of aliphatic hydroxyl groups is 3. The lowest BCUT2D eigenvalue weighted by molar-refractivity contribution is -0.250. The van der Waals surface area contributed by atoms with Gasteiger partial charge in [-0.3, -0.25) is 14.1 Å². The molecule has 2 fully saturated rings. The Balaban J connectivity index is 1.49. The first kappa shape index (κ1) is 31.1. The number of carbonyl (C=O) groups excluding carboxylic acids is 2. The number of hydrogen-bond donors (Lipinski definition) is 4. The molecule has 0 saturated carbocycles. The average molecular weight is 615 g/mol. The number of carbonyl (C=O) groups is 2. The fourth-order valence-corrected chi connectivity index (χ4v) is 7.58. The lowest BCUT2D eigenvalue weighted by atomic mass is 9.97. The Labute approximate surface area is 248 Å². The van der Waals surface area contributed by atoms with E-state index in [9.17, 15) is 29.5 Å². The monoisotopic (exact) mass is 614 g/mol. The van der Waals surface area contributed by atoms with Crippen LogP contribution in [-0.4, -0.2) is 81.7 Å². The van der Waals surface area contributed by atoms with Crippen molar-refractivity contribution in [1.82, 2.24) is 9.99 Å². The Kier molecular flexibility index (Phi) is 9.78. The van der Waals surface area contributed by atoms with Crippen molar-refractivity contribution in [2.24, 2.45) is 0 Å². The molecule has 2 saturated heterocycles. The van der Waals surface area contributed by atoms with Crippen molar-refractivity contribution in [3.63, 3.8) is 0 Å². The Morgan fingerprint density at radius 2 is 1.77 bits per heavy atom. The normalized spacial score (nSPS) is 27.3. The summed E-state index contributed by atoms with van der Waals surface area (Å²) in [6.45, 7) is 0.621. The molecular formula is C30H35N2O10P. The Morgan fingerprint density at radius 3 is 2.51 bits per heavy atom. The van der Waals surface area contributed by atoms with Crippen LogP contribution in [0.25, 0.3) is 10.8 Å². The molecule has 5 rings (SSSR count). The number of esters is 1. The van der Waals surface area contributed by atoms with Gasteiger partial charge >= 0.3 is 13.7 Å². The quantitative estimate of drug-likeness (QED) is 0.196. The molecule has 0 spiro atoms. The zero-order valence-electron chi connectivity index (χ0n) is 23.5. The number of benzene rings is 3. The van der Waals surface area contributed by atoms with E-state index in [4.69, 9.17) is 18.5 Å². The molecule has 12 nitrogen and oxygen atoms in total.